The van der Waals surface area contributed by atoms with Gasteiger partial charge in [0.25, 0.3) is 0 Å². The molecule has 2 N–H and O–H groups in total. The molecule has 1 aliphatic carbocycles. The lowest BCUT2D eigenvalue weighted by Gasteiger charge is -2.22. The quantitative estimate of drug-likeness (QED) is 0.671. The van der Waals surface area contributed by atoms with Gasteiger partial charge in [0.05, 0.1) is 18.5 Å². The van der Waals surface area contributed by atoms with Crippen molar-refractivity contribution in [3.63, 3.8) is 0 Å². The summed E-state index contributed by atoms with van der Waals surface area (Å²) in [6.45, 7) is 0.280. The van der Waals surface area contributed by atoms with Gasteiger partial charge in [-0.1, -0.05) is 48.5 Å². The number of hydrogen-bond acceptors (Lipinski definition) is 2. The van der Waals surface area contributed by atoms with Gasteiger partial charge in [-0.2, -0.15) is 0 Å². The first-order chi connectivity index (χ1) is 13.1. The van der Waals surface area contributed by atoms with Gasteiger partial charge in [0.15, 0.2) is 0 Å². The van der Waals surface area contributed by atoms with Gasteiger partial charge in [0.1, 0.15) is 0 Å². The van der Waals surface area contributed by atoms with Crippen LogP contribution in [-0.2, 0) is 16.0 Å². The van der Waals surface area contributed by atoms with Crippen LogP contribution in [-0.4, -0.2) is 39.5 Å². The van der Waals surface area contributed by atoms with Crippen molar-refractivity contribution in [2.75, 3.05) is 6.54 Å². The zero-order valence-electron chi connectivity index (χ0n) is 15.0. The number of carbonyl (C=O) groups excluding carboxylic acids is 1. The third kappa shape index (κ3) is 3.72. The van der Waals surface area contributed by atoms with E-state index in [0.717, 1.165) is 40.6 Å². The van der Waals surface area contributed by atoms with Gasteiger partial charge >= 0.3 is 5.97 Å². The van der Waals surface area contributed by atoms with Crippen molar-refractivity contribution >= 4 is 22.8 Å². The summed E-state index contributed by atoms with van der Waals surface area (Å²) >= 11 is 0. The predicted molar refractivity (Wildman–Crippen MR) is 104 cm³/mol. The first-order valence-electron chi connectivity index (χ1n) is 9.30. The average molecular weight is 362 g/mol. The minimum Gasteiger partial charge on any atom is -0.481 e. The highest BCUT2D eigenvalue weighted by Crippen LogP contribution is 2.33. The molecular formula is C22H22N2O3. The van der Waals surface area contributed by atoms with Crippen molar-refractivity contribution in [1.29, 1.82) is 0 Å². The van der Waals surface area contributed by atoms with E-state index in [0.29, 0.717) is 0 Å². The van der Waals surface area contributed by atoms with Crippen molar-refractivity contribution < 1.29 is 14.7 Å². The molecule has 0 saturated heterocycles. The highest BCUT2D eigenvalue weighted by atomic mass is 16.4. The van der Waals surface area contributed by atoms with Gasteiger partial charge in [-0.05, 0) is 30.0 Å². The summed E-state index contributed by atoms with van der Waals surface area (Å²) in [6.07, 6.45) is 2.18. The SMILES string of the molecule is O=C(O)CCN(C(=O)Cc1c(-c2ccccc2)[nH]c2ccccc12)C1CC1. The number of carboxylic acid groups (broad SMARTS) is 1. The van der Waals surface area contributed by atoms with E-state index in [1.165, 1.54) is 0 Å². The molecule has 4 rings (SSSR count). The van der Waals surface area contributed by atoms with Crippen LogP contribution < -0.4 is 0 Å². The molecule has 0 aliphatic heterocycles. The van der Waals surface area contributed by atoms with Crippen LogP contribution in [0.2, 0.25) is 0 Å². The van der Waals surface area contributed by atoms with E-state index in [4.69, 9.17) is 5.11 Å². The lowest BCUT2D eigenvalue weighted by atomic mass is 10.0. The fraction of sp³-hybridized carbons (Fsp3) is 0.273. The van der Waals surface area contributed by atoms with Crippen LogP contribution in [0, 0.1) is 0 Å². The Morgan fingerprint density at radius 2 is 1.74 bits per heavy atom. The predicted octanol–water partition coefficient (Wildman–Crippen LogP) is 3.84. The van der Waals surface area contributed by atoms with Crippen LogP contribution in [0.5, 0.6) is 0 Å². The maximum Gasteiger partial charge on any atom is 0.305 e. The average Bonchev–Trinajstić information content (AvgIpc) is 3.44. The molecule has 1 fully saturated rings. The number of aromatic amines is 1. The molecule has 3 aromatic rings. The summed E-state index contributed by atoms with van der Waals surface area (Å²) in [5.41, 5.74) is 3.98. The second-order valence-electron chi connectivity index (χ2n) is 7.03. The Hall–Kier alpha value is -3.08. The van der Waals surface area contributed by atoms with Crippen LogP contribution in [0.25, 0.3) is 22.2 Å². The van der Waals surface area contributed by atoms with Crippen LogP contribution in [0.1, 0.15) is 24.8 Å². The molecular weight excluding hydrogens is 340 g/mol. The third-order valence-electron chi connectivity index (χ3n) is 5.08. The largest absolute Gasteiger partial charge is 0.481 e. The van der Waals surface area contributed by atoms with Crippen molar-refractivity contribution in [1.82, 2.24) is 9.88 Å². The van der Waals surface area contributed by atoms with Gasteiger partial charge in [-0.3, -0.25) is 9.59 Å². The van der Waals surface area contributed by atoms with Crippen molar-refractivity contribution in [3.8, 4) is 11.3 Å². The number of carboxylic acids is 1. The Labute approximate surface area is 157 Å². The molecule has 1 aromatic heterocycles. The number of benzene rings is 2. The van der Waals surface area contributed by atoms with E-state index in [9.17, 15) is 9.59 Å². The van der Waals surface area contributed by atoms with E-state index in [1.54, 1.807) is 4.90 Å². The number of H-pyrrole nitrogens is 1. The number of hydrogen-bond donors (Lipinski definition) is 2. The number of aromatic nitrogens is 1. The highest BCUT2D eigenvalue weighted by Gasteiger charge is 2.33. The molecule has 0 unspecified atom stereocenters. The first kappa shape index (κ1) is 17.3. The maximum absolute atomic E-state index is 13.1. The normalized spacial score (nSPS) is 13.6. The topological polar surface area (TPSA) is 73.4 Å². The standard InChI is InChI=1S/C22H22N2O3/c25-20(24(16-10-11-16)13-12-21(26)27)14-18-17-8-4-5-9-19(17)23-22(18)15-6-2-1-3-7-15/h1-9,16,23H,10-14H2,(H,26,27). The Bertz CT molecular complexity index is 974. The van der Waals surface area contributed by atoms with Gasteiger partial charge in [-0.25, -0.2) is 0 Å². The summed E-state index contributed by atoms with van der Waals surface area (Å²) in [5, 5.41) is 10.0. The van der Waals surface area contributed by atoms with Gasteiger partial charge in [0, 0.05) is 23.5 Å². The second-order valence-corrected chi connectivity index (χ2v) is 7.03. The Balaban J connectivity index is 1.68. The van der Waals surface area contributed by atoms with Crippen LogP contribution in [0.4, 0.5) is 0 Å². The van der Waals surface area contributed by atoms with E-state index < -0.39 is 5.97 Å². The molecule has 0 spiro atoms. The van der Waals surface area contributed by atoms with Gasteiger partial charge in [-0.15, -0.1) is 0 Å². The number of aliphatic carboxylic acids is 1. The molecule has 138 valence electrons. The zero-order valence-corrected chi connectivity index (χ0v) is 15.0. The number of rotatable bonds is 7. The zero-order chi connectivity index (χ0) is 18.8. The van der Waals surface area contributed by atoms with Crippen LogP contribution in [0.3, 0.4) is 0 Å². The number of nitrogens with one attached hydrogen (secondary N) is 1. The van der Waals surface area contributed by atoms with Crippen molar-refractivity contribution in [2.45, 2.75) is 31.7 Å². The van der Waals surface area contributed by atoms with E-state index in [-0.39, 0.29) is 31.3 Å². The Morgan fingerprint density at radius 3 is 2.44 bits per heavy atom. The van der Waals surface area contributed by atoms with E-state index in [1.807, 2.05) is 54.6 Å². The highest BCUT2D eigenvalue weighted by molar-refractivity contribution is 5.95. The molecule has 1 aliphatic rings. The molecule has 2 aromatic carbocycles. The fourth-order valence-electron chi connectivity index (χ4n) is 3.60. The van der Waals surface area contributed by atoms with Crippen molar-refractivity contribution in [2.24, 2.45) is 0 Å². The molecule has 27 heavy (non-hydrogen) atoms. The monoisotopic (exact) mass is 362 g/mol. The Kier molecular flexibility index (Phi) is 4.67. The molecule has 5 heteroatoms. The number of fused-ring (bicyclic) bond motifs is 1. The lowest BCUT2D eigenvalue weighted by molar-refractivity contribution is -0.138. The molecule has 0 atom stereocenters. The van der Waals surface area contributed by atoms with Gasteiger partial charge in [0.2, 0.25) is 5.91 Å². The molecule has 1 heterocycles. The smallest absolute Gasteiger partial charge is 0.305 e. The van der Waals surface area contributed by atoms with Crippen molar-refractivity contribution in [3.05, 3.63) is 60.2 Å². The van der Waals surface area contributed by atoms with E-state index >= 15 is 0 Å². The summed E-state index contributed by atoms with van der Waals surface area (Å²) in [7, 11) is 0. The van der Waals surface area contributed by atoms with Crippen LogP contribution in [0.15, 0.2) is 54.6 Å². The summed E-state index contributed by atoms with van der Waals surface area (Å²) in [4.78, 5) is 29.2. The molecule has 0 bridgehead atoms. The maximum atomic E-state index is 13.1. The van der Waals surface area contributed by atoms with E-state index in [2.05, 4.69) is 4.98 Å². The lowest BCUT2D eigenvalue weighted by Crippen LogP contribution is -2.36. The number of para-hydroxylation sites is 1. The van der Waals surface area contributed by atoms with Crippen LogP contribution >= 0.6 is 0 Å². The minimum atomic E-state index is -0.870. The number of amides is 1. The number of carbonyl (C=O) groups is 2. The van der Waals surface area contributed by atoms with Gasteiger partial charge < -0.3 is 15.0 Å². The minimum absolute atomic E-state index is 0.000634. The second kappa shape index (κ2) is 7.27. The molecule has 0 radical (unpaired) electrons. The summed E-state index contributed by atoms with van der Waals surface area (Å²) in [6, 6.07) is 18.2. The molecule has 1 saturated carbocycles. The number of nitrogens with zero attached hydrogens (tertiary/aromatic N) is 1. The first-order valence-corrected chi connectivity index (χ1v) is 9.30. The summed E-state index contributed by atoms with van der Waals surface area (Å²) in [5.74, 6) is -0.869. The molecule has 1 amide bonds. The summed E-state index contributed by atoms with van der Waals surface area (Å²) < 4.78 is 0. The molecule has 5 nitrogen and oxygen atoms in total. The third-order valence-corrected chi connectivity index (χ3v) is 5.08. The fourth-order valence-corrected chi connectivity index (χ4v) is 3.60. The Morgan fingerprint density at radius 1 is 1.04 bits per heavy atom.